The Morgan fingerprint density at radius 1 is 1.14 bits per heavy atom. The summed E-state index contributed by atoms with van der Waals surface area (Å²) < 4.78 is 7.47. The molecule has 0 fully saturated rings. The minimum Gasteiger partial charge on any atom is -0.484 e. The maximum absolute atomic E-state index is 6.28. The van der Waals surface area contributed by atoms with Crippen LogP contribution in [-0.2, 0) is 6.61 Å². The Balaban J connectivity index is 1.59. The number of para-hydroxylation sites is 1. The topological polar surface area (TPSA) is 68.1 Å². The fourth-order valence-electron chi connectivity index (χ4n) is 2.59. The van der Waals surface area contributed by atoms with Gasteiger partial charge in [-0.25, -0.2) is 10.1 Å². The van der Waals surface area contributed by atoms with Crippen molar-refractivity contribution in [1.29, 1.82) is 0 Å². The normalized spacial score (nSPS) is 11.4. The number of benzene rings is 2. The number of aromatic nitrogens is 4. The first-order valence-corrected chi connectivity index (χ1v) is 9.89. The van der Waals surface area contributed by atoms with Crippen molar-refractivity contribution < 1.29 is 4.74 Å². The van der Waals surface area contributed by atoms with Gasteiger partial charge in [-0.15, -0.1) is 0 Å². The number of nitrogens with zero attached hydrogens (tertiary/aromatic N) is 4. The molecular weight excluding hydrogens is 453 g/mol. The van der Waals surface area contributed by atoms with E-state index < -0.39 is 0 Å². The van der Waals surface area contributed by atoms with E-state index in [0.29, 0.717) is 37.1 Å². The van der Waals surface area contributed by atoms with Gasteiger partial charge in [0.05, 0.1) is 16.8 Å². The van der Waals surface area contributed by atoms with Crippen LogP contribution in [0.15, 0.2) is 53.6 Å². The van der Waals surface area contributed by atoms with Gasteiger partial charge in [0.1, 0.15) is 17.5 Å². The molecule has 29 heavy (non-hydrogen) atoms. The number of halogens is 3. The molecule has 2 aromatic carbocycles. The molecule has 1 N–H and O–H groups in total. The second kappa shape index (κ2) is 8.51. The molecule has 4 rings (SSSR count). The van der Waals surface area contributed by atoms with Crippen molar-refractivity contribution in [3.8, 4) is 5.75 Å². The molecule has 0 saturated carbocycles. The fourth-order valence-corrected chi connectivity index (χ4v) is 3.45. The third-order valence-corrected chi connectivity index (χ3v) is 5.08. The molecule has 146 valence electrons. The number of nitrogens with one attached hydrogen (secondary N) is 1. The van der Waals surface area contributed by atoms with Crippen molar-refractivity contribution in [3.63, 3.8) is 0 Å². The van der Waals surface area contributed by atoms with Crippen LogP contribution in [0.1, 0.15) is 11.4 Å². The zero-order chi connectivity index (χ0) is 20.4. The molecule has 0 atom stereocenters. The van der Waals surface area contributed by atoms with Crippen LogP contribution in [0.4, 0.5) is 0 Å². The maximum Gasteiger partial charge on any atom is 0.216 e. The standard InChI is InChI=1S/C19H12Cl3N5OS/c20-13-5-6-16(14(21)8-13)28-10-17-25-26-19(29)27(17)23-9-12-7-11-3-1-2-4-15(11)24-18(12)22/h1-9H,10H2,(H,26,29)/b23-9+. The average molecular weight is 465 g/mol. The van der Waals surface area contributed by atoms with Gasteiger partial charge in [-0.3, -0.25) is 0 Å². The Bertz CT molecular complexity index is 1280. The molecule has 0 aliphatic heterocycles. The minimum absolute atomic E-state index is 0.0928. The Morgan fingerprint density at radius 3 is 2.79 bits per heavy atom. The first-order chi connectivity index (χ1) is 14.0. The van der Waals surface area contributed by atoms with Gasteiger partial charge in [-0.2, -0.15) is 14.9 Å². The molecule has 2 aromatic heterocycles. The zero-order valence-corrected chi connectivity index (χ0v) is 17.7. The molecule has 0 amide bonds. The van der Waals surface area contributed by atoms with Gasteiger partial charge in [0, 0.05) is 16.0 Å². The molecule has 0 radical (unpaired) electrons. The quantitative estimate of drug-likeness (QED) is 0.226. The van der Waals surface area contributed by atoms with Crippen LogP contribution in [0.2, 0.25) is 15.2 Å². The highest BCUT2D eigenvalue weighted by molar-refractivity contribution is 7.71. The lowest BCUT2D eigenvalue weighted by atomic mass is 10.2. The molecule has 0 saturated heterocycles. The highest BCUT2D eigenvalue weighted by Crippen LogP contribution is 2.28. The molecule has 0 aliphatic rings. The maximum atomic E-state index is 6.28. The number of fused-ring (bicyclic) bond motifs is 1. The number of H-pyrrole nitrogens is 1. The highest BCUT2D eigenvalue weighted by Gasteiger charge is 2.09. The predicted octanol–water partition coefficient (Wildman–Crippen LogP) is 5.91. The molecule has 0 bridgehead atoms. The van der Waals surface area contributed by atoms with Gasteiger partial charge >= 0.3 is 0 Å². The van der Waals surface area contributed by atoms with Crippen molar-refractivity contribution in [2.45, 2.75) is 6.61 Å². The van der Waals surface area contributed by atoms with E-state index in [4.69, 9.17) is 51.8 Å². The molecule has 0 unspecified atom stereocenters. The largest absolute Gasteiger partial charge is 0.484 e. The molecular formula is C19H12Cl3N5OS. The van der Waals surface area contributed by atoms with Crippen LogP contribution in [0, 0.1) is 4.77 Å². The fraction of sp³-hybridized carbons (Fsp3) is 0.0526. The lowest BCUT2D eigenvalue weighted by Crippen LogP contribution is -2.04. The van der Waals surface area contributed by atoms with Gasteiger partial charge in [0.25, 0.3) is 0 Å². The van der Waals surface area contributed by atoms with Crippen LogP contribution in [0.3, 0.4) is 0 Å². The van der Waals surface area contributed by atoms with Crippen molar-refractivity contribution in [2.75, 3.05) is 0 Å². The van der Waals surface area contributed by atoms with Gasteiger partial charge in [0.15, 0.2) is 5.82 Å². The van der Waals surface area contributed by atoms with Gasteiger partial charge < -0.3 is 4.74 Å². The van der Waals surface area contributed by atoms with Crippen LogP contribution in [-0.4, -0.2) is 26.1 Å². The summed E-state index contributed by atoms with van der Waals surface area (Å²) in [5.74, 6) is 0.935. The highest BCUT2D eigenvalue weighted by atomic mass is 35.5. The van der Waals surface area contributed by atoms with E-state index in [0.717, 1.165) is 10.9 Å². The lowest BCUT2D eigenvalue weighted by Gasteiger charge is -2.07. The third-order valence-electron chi connectivity index (χ3n) is 3.99. The van der Waals surface area contributed by atoms with E-state index in [1.165, 1.54) is 4.68 Å². The number of ether oxygens (including phenoxy) is 1. The number of rotatable bonds is 5. The van der Waals surface area contributed by atoms with E-state index in [9.17, 15) is 0 Å². The van der Waals surface area contributed by atoms with Gasteiger partial charge in [-0.1, -0.05) is 53.0 Å². The third kappa shape index (κ3) is 4.43. The number of pyridine rings is 1. The molecule has 0 aliphatic carbocycles. The van der Waals surface area contributed by atoms with E-state index in [-0.39, 0.29) is 6.61 Å². The first kappa shape index (κ1) is 19.8. The van der Waals surface area contributed by atoms with Gasteiger partial charge in [-0.05, 0) is 42.5 Å². The summed E-state index contributed by atoms with van der Waals surface area (Å²) in [6.07, 6.45) is 1.58. The number of aromatic amines is 1. The lowest BCUT2D eigenvalue weighted by molar-refractivity contribution is 0.291. The van der Waals surface area contributed by atoms with Crippen molar-refractivity contribution >= 4 is 64.1 Å². The Kier molecular flexibility index (Phi) is 5.82. The van der Waals surface area contributed by atoms with E-state index in [1.54, 1.807) is 24.4 Å². The SMILES string of the molecule is S=c1[nH]nc(COc2ccc(Cl)cc2Cl)n1/N=C/c1cc2ccccc2nc1Cl. The van der Waals surface area contributed by atoms with E-state index in [1.807, 2.05) is 30.3 Å². The summed E-state index contributed by atoms with van der Waals surface area (Å²) in [5.41, 5.74) is 1.46. The Morgan fingerprint density at radius 2 is 1.97 bits per heavy atom. The summed E-state index contributed by atoms with van der Waals surface area (Å²) in [7, 11) is 0. The summed E-state index contributed by atoms with van der Waals surface area (Å²) >= 11 is 23.6. The monoisotopic (exact) mass is 463 g/mol. The molecule has 10 heteroatoms. The molecule has 0 spiro atoms. The smallest absolute Gasteiger partial charge is 0.216 e. The first-order valence-electron chi connectivity index (χ1n) is 8.35. The molecule has 2 heterocycles. The zero-order valence-electron chi connectivity index (χ0n) is 14.6. The summed E-state index contributed by atoms with van der Waals surface area (Å²) in [6.45, 7) is 0.0928. The van der Waals surface area contributed by atoms with Crippen molar-refractivity contribution in [2.24, 2.45) is 5.10 Å². The summed E-state index contributed by atoms with van der Waals surface area (Å²) in [4.78, 5) is 4.38. The van der Waals surface area contributed by atoms with Crippen LogP contribution >= 0.6 is 47.0 Å². The Hall–Kier alpha value is -2.45. The summed E-state index contributed by atoms with van der Waals surface area (Å²) in [6, 6.07) is 14.6. The minimum atomic E-state index is 0.0928. The number of hydrogen-bond acceptors (Lipinski definition) is 5. The average Bonchev–Trinajstić information content (AvgIpc) is 3.05. The van der Waals surface area contributed by atoms with Crippen LogP contribution in [0.5, 0.6) is 5.75 Å². The molecule has 6 nitrogen and oxygen atoms in total. The second-order valence-electron chi connectivity index (χ2n) is 5.93. The second-order valence-corrected chi connectivity index (χ2v) is 7.51. The van der Waals surface area contributed by atoms with Crippen molar-refractivity contribution in [1.82, 2.24) is 19.9 Å². The van der Waals surface area contributed by atoms with Crippen LogP contribution in [0.25, 0.3) is 10.9 Å². The predicted molar refractivity (Wildman–Crippen MR) is 118 cm³/mol. The van der Waals surface area contributed by atoms with Gasteiger partial charge in [0.2, 0.25) is 4.77 Å². The number of hydrogen-bond donors (Lipinski definition) is 1. The Labute approximate surface area is 185 Å². The van der Waals surface area contributed by atoms with Crippen LogP contribution < -0.4 is 4.74 Å². The summed E-state index contributed by atoms with van der Waals surface area (Å²) in [5, 5.41) is 13.5. The van der Waals surface area contributed by atoms with Crippen molar-refractivity contribution in [3.05, 3.63) is 79.9 Å². The van der Waals surface area contributed by atoms with E-state index >= 15 is 0 Å². The van der Waals surface area contributed by atoms with E-state index in [2.05, 4.69) is 20.3 Å². The molecule has 4 aromatic rings.